The zero-order chi connectivity index (χ0) is 25.9. The maximum absolute atomic E-state index is 12.4. The van der Waals surface area contributed by atoms with E-state index in [0.29, 0.717) is 32.4 Å². The lowest BCUT2D eigenvalue weighted by molar-refractivity contribution is -0.139. The molecule has 2 aromatic rings. The summed E-state index contributed by atoms with van der Waals surface area (Å²) >= 11 is 0. The highest BCUT2D eigenvalue weighted by Crippen LogP contribution is 2.44. The van der Waals surface area contributed by atoms with Crippen LogP contribution in [0.3, 0.4) is 0 Å². The highest BCUT2D eigenvalue weighted by molar-refractivity contribution is 5.82. The van der Waals surface area contributed by atoms with Gasteiger partial charge in [-0.25, -0.2) is 9.59 Å². The molecule has 0 unspecified atom stereocenters. The van der Waals surface area contributed by atoms with Crippen LogP contribution >= 0.6 is 0 Å². The molecule has 0 saturated heterocycles. The largest absolute Gasteiger partial charge is 0.480 e. The van der Waals surface area contributed by atoms with E-state index in [0.717, 1.165) is 35.1 Å². The zero-order valence-electron chi connectivity index (χ0n) is 20.4. The summed E-state index contributed by atoms with van der Waals surface area (Å²) in [5, 5.41) is 14.7. The van der Waals surface area contributed by atoms with Crippen LogP contribution in [-0.4, -0.2) is 54.9 Å². The van der Waals surface area contributed by atoms with Gasteiger partial charge >= 0.3 is 12.1 Å². The Bertz CT molecular complexity index is 999. The van der Waals surface area contributed by atoms with Crippen LogP contribution in [-0.2, 0) is 14.3 Å². The fourth-order valence-electron chi connectivity index (χ4n) is 4.50. The molecular formula is C27H36N4O5. The summed E-state index contributed by atoms with van der Waals surface area (Å²) in [6.45, 7) is 1.08. The fraction of sp³-hybridized carbons (Fsp3) is 0.444. The Kier molecular flexibility index (Phi) is 10.3. The second-order valence-corrected chi connectivity index (χ2v) is 9.04. The summed E-state index contributed by atoms with van der Waals surface area (Å²) in [4.78, 5) is 36.1. The predicted octanol–water partition coefficient (Wildman–Crippen LogP) is 2.72. The van der Waals surface area contributed by atoms with Crippen LogP contribution in [0.25, 0.3) is 11.1 Å². The van der Waals surface area contributed by atoms with Crippen molar-refractivity contribution in [3.8, 4) is 11.1 Å². The van der Waals surface area contributed by atoms with E-state index < -0.39 is 24.1 Å². The van der Waals surface area contributed by atoms with Gasteiger partial charge in [0, 0.05) is 12.5 Å². The minimum absolute atomic E-state index is 0.100. The van der Waals surface area contributed by atoms with Crippen molar-refractivity contribution in [2.75, 3.05) is 19.7 Å². The minimum atomic E-state index is -1.13. The lowest BCUT2D eigenvalue weighted by atomic mass is 9.98. The molecule has 1 aliphatic carbocycles. The van der Waals surface area contributed by atoms with Gasteiger partial charge in [-0.1, -0.05) is 55.0 Å². The molecular weight excluding hydrogens is 460 g/mol. The molecule has 2 atom stereocenters. The maximum atomic E-state index is 12.4. The second-order valence-electron chi connectivity index (χ2n) is 9.04. The van der Waals surface area contributed by atoms with Gasteiger partial charge in [-0.05, 0) is 60.9 Å². The third kappa shape index (κ3) is 7.29. The average Bonchev–Trinajstić information content (AvgIpc) is 3.20. The number of carbonyl (C=O) groups is 3. The molecule has 0 radical (unpaired) electrons. The Labute approximate surface area is 211 Å². The summed E-state index contributed by atoms with van der Waals surface area (Å²) in [6.07, 6.45) is 2.73. The van der Waals surface area contributed by atoms with E-state index in [1.165, 1.54) is 0 Å². The Morgan fingerprint density at radius 1 is 0.917 bits per heavy atom. The number of carboxylic acids is 1. The quantitative estimate of drug-likeness (QED) is 0.252. The number of hydrogen-bond acceptors (Lipinski definition) is 6. The van der Waals surface area contributed by atoms with E-state index in [-0.39, 0.29) is 24.9 Å². The number of aliphatic carboxylic acids is 1. The summed E-state index contributed by atoms with van der Waals surface area (Å²) in [6, 6.07) is 14.4. The van der Waals surface area contributed by atoms with Crippen molar-refractivity contribution < 1.29 is 24.2 Å². The van der Waals surface area contributed by atoms with Crippen molar-refractivity contribution in [1.82, 2.24) is 10.6 Å². The SMILES string of the molecule is NCCCC[C@H](N)C(=O)NCCCC[C@H](NC(=O)OCC1c2ccccc2-c2ccccc21)C(=O)O. The Balaban J connectivity index is 1.41. The van der Waals surface area contributed by atoms with Crippen molar-refractivity contribution in [1.29, 1.82) is 0 Å². The normalized spacial score (nSPS) is 13.8. The number of carbonyl (C=O) groups excluding carboxylic acids is 2. The molecule has 9 nitrogen and oxygen atoms in total. The van der Waals surface area contributed by atoms with Crippen LogP contribution in [0.15, 0.2) is 48.5 Å². The lowest BCUT2D eigenvalue weighted by Gasteiger charge is -2.17. The minimum Gasteiger partial charge on any atom is -0.480 e. The molecule has 0 saturated carbocycles. The summed E-state index contributed by atoms with van der Waals surface area (Å²) < 4.78 is 5.45. The van der Waals surface area contributed by atoms with E-state index in [4.69, 9.17) is 16.2 Å². The molecule has 0 bridgehead atoms. The number of nitrogens with one attached hydrogen (secondary N) is 2. The molecule has 7 N–H and O–H groups in total. The van der Waals surface area contributed by atoms with E-state index in [2.05, 4.69) is 10.6 Å². The van der Waals surface area contributed by atoms with Gasteiger partial charge in [0.05, 0.1) is 6.04 Å². The van der Waals surface area contributed by atoms with Crippen LogP contribution in [0.4, 0.5) is 4.79 Å². The molecule has 0 aliphatic heterocycles. The van der Waals surface area contributed by atoms with Gasteiger partial charge in [0.1, 0.15) is 12.6 Å². The molecule has 0 heterocycles. The number of nitrogens with two attached hydrogens (primary N) is 2. The Morgan fingerprint density at radius 2 is 1.53 bits per heavy atom. The number of hydrogen-bond donors (Lipinski definition) is 5. The third-order valence-electron chi connectivity index (χ3n) is 6.46. The van der Waals surface area contributed by atoms with E-state index >= 15 is 0 Å². The molecule has 2 amide bonds. The van der Waals surface area contributed by atoms with Crippen LogP contribution in [0, 0.1) is 0 Å². The molecule has 3 rings (SSSR count). The monoisotopic (exact) mass is 496 g/mol. The number of carboxylic acid groups (broad SMARTS) is 1. The van der Waals surface area contributed by atoms with E-state index in [1.807, 2.05) is 48.5 Å². The zero-order valence-corrected chi connectivity index (χ0v) is 20.4. The number of alkyl carbamates (subject to hydrolysis) is 1. The van der Waals surface area contributed by atoms with Gasteiger partial charge in [0.2, 0.25) is 5.91 Å². The van der Waals surface area contributed by atoms with Gasteiger partial charge in [-0.3, -0.25) is 4.79 Å². The first-order chi connectivity index (χ1) is 17.4. The number of benzene rings is 2. The van der Waals surface area contributed by atoms with Crippen molar-refractivity contribution in [3.05, 3.63) is 59.7 Å². The predicted molar refractivity (Wildman–Crippen MR) is 137 cm³/mol. The van der Waals surface area contributed by atoms with Gasteiger partial charge < -0.3 is 31.9 Å². The molecule has 0 spiro atoms. The topological polar surface area (TPSA) is 157 Å². The number of unbranched alkanes of at least 4 members (excludes halogenated alkanes) is 2. The van der Waals surface area contributed by atoms with Gasteiger partial charge in [-0.2, -0.15) is 0 Å². The number of rotatable bonds is 14. The Morgan fingerprint density at radius 3 is 2.14 bits per heavy atom. The molecule has 1 aliphatic rings. The summed E-state index contributed by atoms with van der Waals surface area (Å²) in [5.74, 6) is -1.45. The van der Waals surface area contributed by atoms with Gasteiger partial charge in [0.15, 0.2) is 0 Å². The van der Waals surface area contributed by atoms with Crippen LogP contribution in [0.2, 0.25) is 0 Å². The fourth-order valence-corrected chi connectivity index (χ4v) is 4.50. The first-order valence-electron chi connectivity index (χ1n) is 12.5. The van der Waals surface area contributed by atoms with Crippen molar-refractivity contribution in [2.45, 2.75) is 56.5 Å². The number of amides is 2. The lowest BCUT2D eigenvalue weighted by Crippen LogP contribution is -2.42. The number of ether oxygens (including phenoxy) is 1. The van der Waals surface area contributed by atoms with Crippen LogP contribution in [0.1, 0.15) is 55.6 Å². The van der Waals surface area contributed by atoms with Gasteiger partial charge in [-0.15, -0.1) is 0 Å². The smallest absolute Gasteiger partial charge is 0.407 e. The molecule has 0 fully saturated rings. The van der Waals surface area contributed by atoms with Gasteiger partial charge in [0.25, 0.3) is 0 Å². The van der Waals surface area contributed by atoms with Crippen molar-refractivity contribution in [2.24, 2.45) is 11.5 Å². The Hall–Kier alpha value is -3.43. The maximum Gasteiger partial charge on any atom is 0.407 e. The molecule has 0 aromatic heterocycles. The first kappa shape index (κ1) is 27.2. The molecule has 194 valence electrons. The molecule has 2 aromatic carbocycles. The molecule has 9 heteroatoms. The van der Waals surface area contributed by atoms with E-state index in [9.17, 15) is 19.5 Å². The van der Waals surface area contributed by atoms with Crippen molar-refractivity contribution in [3.63, 3.8) is 0 Å². The third-order valence-corrected chi connectivity index (χ3v) is 6.46. The summed E-state index contributed by atoms with van der Waals surface area (Å²) in [7, 11) is 0. The average molecular weight is 497 g/mol. The number of fused-ring (bicyclic) bond motifs is 3. The first-order valence-corrected chi connectivity index (χ1v) is 12.5. The molecule has 36 heavy (non-hydrogen) atoms. The van der Waals surface area contributed by atoms with Crippen LogP contribution in [0.5, 0.6) is 0 Å². The van der Waals surface area contributed by atoms with Crippen LogP contribution < -0.4 is 22.1 Å². The highest BCUT2D eigenvalue weighted by atomic mass is 16.5. The van der Waals surface area contributed by atoms with E-state index in [1.54, 1.807) is 0 Å². The standard InChI is InChI=1S/C27H36N4O5/c28-15-7-5-13-23(29)25(32)30-16-8-6-14-24(26(33)34)31-27(35)36-17-22-20-11-3-1-9-18(20)19-10-2-4-12-21(19)22/h1-4,9-12,22-24H,5-8,13-17,28-29H2,(H,30,32)(H,31,35)(H,33,34)/t23-,24-/m0/s1. The second kappa shape index (κ2) is 13.6. The highest BCUT2D eigenvalue weighted by Gasteiger charge is 2.29. The summed E-state index contributed by atoms with van der Waals surface area (Å²) in [5.41, 5.74) is 15.7. The van der Waals surface area contributed by atoms with Crippen molar-refractivity contribution >= 4 is 18.0 Å².